The molecule has 9 nitrogen and oxygen atoms in total. The van der Waals surface area contributed by atoms with E-state index in [4.69, 9.17) is 14.5 Å². The number of amides is 1. The van der Waals surface area contributed by atoms with Crippen molar-refractivity contribution >= 4 is 16.2 Å². The molecule has 0 radical (unpaired) electrons. The van der Waals surface area contributed by atoms with Crippen LogP contribution < -0.4 is 0 Å². The van der Waals surface area contributed by atoms with Gasteiger partial charge in [-0.3, -0.25) is 4.18 Å². The minimum absolute atomic E-state index is 0.00138. The predicted octanol–water partition coefficient (Wildman–Crippen LogP) is 3.00. The predicted molar refractivity (Wildman–Crippen MR) is 94.0 cm³/mol. The second kappa shape index (κ2) is 7.53. The zero-order valence-corrected chi connectivity index (χ0v) is 15.9. The summed E-state index contributed by atoms with van der Waals surface area (Å²) >= 11 is 0. The Morgan fingerprint density at radius 2 is 1.88 bits per heavy atom. The van der Waals surface area contributed by atoms with E-state index in [-0.39, 0.29) is 18.0 Å². The van der Waals surface area contributed by atoms with Gasteiger partial charge in [-0.15, -0.1) is 0 Å². The molecule has 26 heavy (non-hydrogen) atoms. The highest BCUT2D eigenvalue weighted by molar-refractivity contribution is 7.86. The van der Waals surface area contributed by atoms with Crippen LogP contribution in [0.5, 0.6) is 0 Å². The molecule has 1 aliphatic heterocycles. The summed E-state index contributed by atoms with van der Waals surface area (Å²) in [6, 6.07) is 5.36. The van der Waals surface area contributed by atoms with Crippen LogP contribution in [0, 0.1) is 6.92 Å². The Labute approximate surface area is 152 Å². The van der Waals surface area contributed by atoms with Gasteiger partial charge in [-0.25, -0.2) is 4.79 Å². The molecule has 0 saturated carbocycles. The molecular formula is C16H22N4O5S. The zero-order chi connectivity index (χ0) is 19.5. The van der Waals surface area contributed by atoms with Gasteiger partial charge in [0.25, 0.3) is 10.1 Å². The fourth-order valence-electron chi connectivity index (χ4n) is 2.43. The highest BCUT2D eigenvalue weighted by Gasteiger charge is 2.40. The second-order valence-electron chi connectivity index (χ2n) is 7.06. The van der Waals surface area contributed by atoms with E-state index in [1.165, 1.54) is 17.0 Å². The minimum atomic E-state index is -4.06. The van der Waals surface area contributed by atoms with Crippen molar-refractivity contribution in [3.63, 3.8) is 0 Å². The van der Waals surface area contributed by atoms with Crippen LogP contribution in [-0.2, 0) is 19.0 Å². The lowest BCUT2D eigenvalue weighted by Crippen LogP contribution is -2.36. The molecule has 1 amide bonds. The SMILES string of the molecule is Cc1ccc(S(=O)(=O)OC2CN(C(=O)OC(C)(C)C)CC2N=[N+]=[N-])cc1. The number of ether oxygens (including phenoxy) is 1. The average Bonchev–Trinajstić information content (AvgIpc) is 2.89. The molecule has 0 bridgehead atoms. The Bertz CT molecular complexity index is 810. The summed E-state index contributed by atoms with van der Waals surface area (Å²) in [5.74, 6) is 0. The molecule has 0 spiro atoms. The largest absolute Gasteiger partial charge is 0.444 e. The van der Waals surface area contributed by atoms with Crippen LogP contribution in [0.1, 0.15) is 26.3 Å². The molecule has 0 aromatic heterocycles. The highest BCUT2D eigenvalue weighted by Crippen LogP contribution is 2.24. The number of aryl methyl sites for hydroxylation is 1. The number of rotatable bonds is 4. The van der Waals surface area contributed by atoms with E-state index in [0.29, 0.717) is 0 Å². The maximum absolute atomic E-state index is 12.5. The van der Waals surface area contributed by atoms with Crippen molar-refractivity contribution in [1.29, 1.82) is 0 Å². The number of hydrogen-bond donors (Lipinski definition) is 0. The number of carbonyl (C=O) groups is 1. The quantitative estimate of drug-likeness (QED) is 0.343. The fraction of sp³-hybridized carbons (Fsp3) is 0.562. The molecule has 1 aromatic carbocycles. The summed E-state index contributed by atoms with van der Waals surface area (Å²) in [7, 11) is -4.06. The fourth-order valence-corrected chi connectivity index (χ4v) is 3.52. The second-order valence-corrected chi connectivity index (χ2v) is 8.63. The molecule has 1 aliphatic rings. The van der Waals surface area contributed by atoms with E-state index in [0.717, 1.165) is 5.56 Å². The lowest BCUT2D eigenvalue weighted by Gasteiger charge is -2.24. The third-order valence-corrected chi connectivity index (χ3v) is 5.00. The molecule has 0 aliphatic carbocycles. The molecule has 1 aromatic rings. The summed E-state index contributed by atoms with van der Waals surface area (Å²) in [6.45, 7) is 6.98. The Morgan fingerprint density at radius 1 is 1.27 bits per heavy atom. The first-order chi connectivity index (χ1) is 12.0. The lowest BCUT2D eigenvalue weighted by molar-refractivity contribution is 0.0276. The monoisotopic (exact) mass is 382 g/mol. The van der Waals surface area contributed by atoms with Crippen LogP contribution in [-0.4, -0.2) is 50.2 Å². The number of hydrogen-bond acceptors (Lipinski definition) is 6. The van der Waals surface area contributed by atoms with Gasteiger partial charge in [0.2, 0.25) is 0 Å². The number of likely N-dealkylation sites (tertiary alicyclic amines) is 1. The van der Waals surface area contributed by atoms with Crippen LogP contribution in [0.25, 0.3) is 10.4 Å². The molecule has 2 rings (SSSR count). The molecule has 1 saturated heterocycles. The zero-order valence-electron chi connectivity index (χ0n) is 15.1. The van der Waals surface area contributed by atoms with E-state index in [1.807, 2.05) is 6.92 Å². The number of carbonyl (C=O) groups excluding carboxylic acids is 1. The average molecular weight is 382 g/mol. The Morgan fingerprint density at radius 3 is 2.42 bits per heavy atom. The van der Waals surface area contributed by atoms with Gasteiger partial charge in [0.15, 0.2) is 0 Å². The van der Waals surface area contributed by atoms with E-state index in [1.54, 1.807) is 32.9 Å². The normalized spacial score (nSPS) is 20.5. The maximum Gasteiger partial charge on any atom is 0.410 e. The highest BCUT2D eigenvalue weighted by atomic mass is 32.2. The van der Waals surface area contributed by atoms with Gasteiger partial charge >= 0.3 is 6.09 Å². The van der Waals surface area contributed by atoms with Crippen molar-refractivity contribution in [3.05, 3.63) is 40.3 Å². The Kier molecular flexibility index (Phi) is 5.80. The summed E-state index contributed by atoms with van der Waals surface area (Å²) in [6.07, 6.45) is -1.60. The van der Waals surface area contributed by atoms with Crippen LogP contribution in [0.3, 0.4) is 0 Å². The number of azide groups is 1. The Balaban J connectivity index is 2.17. The van der Waals surface area contributed by atoms with E-state index < -0.39 is 34.0 Å². The number of benzene rings is 1. The van der Waals surface area contributed by atoms with Gasteiger partial charge in [-0.1, -0.05) is 22.8 Å². The van der Waals surface area contributed by atoms with Gasteiger partial charge in [0.1, 0.15) is 11.7 Å². The van der Waals surface area contributed by atoms with Crippen LogP contribution in [0.4, 0.5) is 4.79 Å². The smallest absolute Gasteiger partial charge is 0.410 e. The minimum Gasteiger partial charge on any atom is -0.444 e. The van der Waals surface area contributed by atoms with Gasteiger partial charge in [-0.2, -0.15) is 8.42 Å². The van der Waals surface area contributed by atoms with Gasteiger partial charge in [0, 0.05) is 11.5 Å². The van der Waals surface area contributed by atoms with Crippen LogP contribution in [0.2, 0.25) is 0 Å². The van der Waals surface area contributed by atoms with Crippen molar-refractivity contribution in [2.45, 2.75) is 50.3 Å². The molecular weight excluding hydrogens is 360 g/mol. The van der Waals surface area contributed by atoms with Crippen molar-refractivity contribution < 1.29 is 22.1 Å². The Hall–Kier alpha value is -2.29. The first kappa shape index (κ1) is 20.0. The lowest BCUT2D eigenvalue weighted by atomic mass is 10.2. The maximum atomic E-state index is 12.5. The first-order valence-corrected chi connectivity index (χ1v) is 9.45. The van der Waals surface area contributed by atoms with E-state index in [2.05, 4.69) is 10.0 Å². The molecule has 0 N–H and O–H groups in total. The molecule has 2 atom stereocenters. The van der Waals surface area contributed by atoms with Crippen molar-refractivity contribution in [1.82, 2.24) is 4.90 Å². The summed E-state index contributed by atoms with van der Waals surface area (Å²) in [5, 5.41) is 3.57. The summed E-state index contributed by atoms with van der Waals surface area (Å²) in [5.41, 5.74) is 8.93. The van der Waals surface area contributed by atoms with Crippen LogP contribution in [0.15, 0.2) is 34.3 Å². The van der Waals surface area contributed by atoms with Crippen molar-refractivity contribution in [3.8, 4) is 0 Å². The van der Waals surface area contributed by atoms with Crippen molar-refractivity contribution in [2.75, 3.05) is 13.1 Å². The van der Waals surface area contributed by atoms with E-state index >= 15 is 0 Å². The topological polar surface area (TPSA) is 122 Å². The van der Waals surface area contributed by atoms with Crippen LogP contribution >= 0.6 is 0 Å². The van der Waals surface area contributed by atoms with Gasteiger partial charge in [0.05, 0.1) is 17.5 Å². The molecule has 10 heteroatoms. The molecule has 1 heterocycles. The van der Waals surface area contributed by atoms with Gasteiger partial charge in [-0.05, 0) is 45.4 Å². The number of nitrogens with zero attached hydrogens (tertiary/aromatic N) is 4. The van der Waals surface area contributed by atoms with Crippen molar-refractivity contribution in [2.24, 2.45) is 5.11 Å². The first-order valence-electron chi connectivity index (χ1n) is 8.04. The molecule has 2 unspecified atom stereocenters. The third kappa shape index (κ3) is 5.10. The third-order valence-electron chi connectivity index (χ3n) is 3.65. The standard InChI is InChI=1S/C16H22N4O5S/c1-11-5-7-12(8-6-11)26(22,23)25-14-10-20(9-13(14)18-19-17)15(21)24-16(2,3)4/h5-8,13-14H,9-10H2,1-4H3. The van der Waals surface area contributed by atoms with E-state index in [9.17, 15) is 13.2 Å². The summed E-state index contributed by atoms with van der Waals surface area (Å²) in [4.78, 5) is 16.2. The molecule has 142 valence electrons. The molecule has 1 fully saturated rings. The van der Waals surface area contributed by atoms with Gasteiger partial charge < -0.3 is 9.64 Å². The summed E-state index contributed by atoms with van der Waals surface area (Å²) < 4.78 is 35.5.